The van der Waals surface area contributed by atoms with Crippen LogP contribution in [0.25, 0.3) is 0 Å². The molecule has 1 aromatic carbocycles. The van der Waals surface area contributed by atoms with Gasteiger partial charge >= 0.3 is 6.18 Å². The zero-order valence-corrected chi connectivity index (χ0v) is 9.16. The quantitative estimate of drug-likeness (QED) is 0.760. The van der Waals surface area contributed by atoms with Crippen LogP contribution in [0.2, 0.25) is 0 Å². The van der Waals surface area contributed by atoms with Crippen molar-refractivity contribution in [2.45, 2.75) is 25.1 Å². The minimum atomic E-state index is -4.27. The fraction of sp³-hybridized carbons (Fsp3) is 0.364. The van der Waals surface area contributed by atoms with Gasteiger partial charge in [0.15, 0.2) is 0 Å². The van der Waals surface area contributed by atoms with Gasteiger partial charge in [-0.05, 0) is 30.5 Å². The van der Waals surface area contributed by atoms with Gasteiger partial charge in [0.2, 0.25) is 0 Å². The number of alkyl halides is 3. The normalized spacial score (nSPS) is 20.9. The molecular formula is C11H10F3NS. The second-order valence-corrected chi connectivity index (χ2v) is 4.27. The second-order valence-electron chi connectivity index (χ2n) is 3.78. The van der Waals surface area contributed by atoms with E-state index in [1.54, 1.807) is 0 Å². The number of rotatable bonds is 1. The Balaban J connectivity index is 2.17. The summed E-state index contributed by atoms with van der Waals surface area (Å²) in [5, 5.41) is 3.08. The van der Waals surface area contributed by atoms with Crippen molar-refractivity contribution in [2.75, 3.05) is 0 Å². The minimum Gasteiger partial charge on any atom is -0.373 e. The van der Waals surface area contributed by atoms with Crippen LogP contribution in [0.3, 0.4) is 0 Å². The lowest BCUT2D eigenvalue weighted by atomic mass is 10.0. The van der Waals surface area contributed by atoms with Crippen LogP contribution in [0.1, 0.15) is 30.0 Å². The monoisotopic (exact) mass is 245 g/mol. The first-order valence-electron chi connectivity index (χ1n) is 4.93. The number of benzene rings is 1. The summed E-state index contributed by atoms with van der Waals surface area (Å²) in [5.74, 6) is 0. The van der Waals surface area contributed by atoms with Gasteiger partial charge in [-0.3, -0.25) is 0 Å². The number of hydrogen-bond donors (Lipinski definition) is 1. The molecule has 1 aliphatic rings. The molecule has 1 aliphatic heterocycles. The molecule has 0 aliphatic carbocycles. The van der Waals surface area contributed by atoms with Crippen LogP contribution < -0.4 is 5.32 Å². The molecule has 16 heavy (non-hydrogen) atoms. The highest BCUT2D eigenvalue weighted by atomic mass is 32.1. The fourth-order valence-electron chi connectivity index (χ4n) is 1.77. The van der Waals surface area contributed by atoms with Gasteiger partial charge in [-0.2, -0.15) is 13.2 Å². The molecule has 1 unspecified atom stereocenters. The van der Waals surface area contributed by atoms with Crippen molar-refractivity contribution >= 4 is 17.2 Å². The fourth-order valence-corrected chi connectivity index (χ4v) is 2.03. The van der Waals surface area contributed by atoms with E-state index in [4.69, 9.17) is 12.2 Å². The zero-order chi connectivity index (χ0) is 11.8. The maximum absolute atomic E-state index is 12.3. The molecule has 0 aromatic heterocycles. The van der Waals surface area contributed by atoms with Gasteiger partial charge in [0.25, 0.3) is 0 Å². The van der Waals surface area contributed by atoms with Crippen molar-refractivity contribution in [2.24, 2.45) is 0 Å². The molecule has 5 heteroatoms. The van der Waals surface area contributed by atoms with Gasteiger partial charge in [0.1, 0.15) is 0 Å². The molecule has 0 amide bonds. The number of nitrogens with one attached hydrogen (secondary N) is 1. The van der Waals surface area contributed by atoms with Crippen LogP contribution in [0.15, 0.2) is 24.3 Å². The van der Waals surface area contributed by atoms with Gasteiger partial charge in [0.05, 0.1) is 16.6 Å². The van der Waals surface area contributed by atoms with E-state index in [1.165, 1.54) is 12.1 Å². The summed E-state index contributed by atoms with van der Waals surface area (Å²) in [6.07, 6.45) is -2.61. The summed E-state index contributed by atoms with van der Waals surface area (Å²) in [7, 11) is 0. The van der Waals surface area contributed by atoms with Crippen LogP contribution in [-0.2, 0) is 6.18 Å². The smallest absolute Gasteiger partial charge is 0.373 e. The van der Waals surface area contributed by atoms with Crippen molar-refractivity contribution in [3.63, 3.8) is 0 Å². The molecule has 0 radical (unpaired) electrons. The summed E-state index contributed by atoms with van der Waals surface area (Å²) >= 11 is 4.99. The maximum atomic E-state index is 12.3. The van der Waals surface area contributed by atoms with E-state index in [0.717, 1.165) is 35.5 Å². The van der Waals surface area contributed by atoms with Gasteiger partial charge in [0, 0.05) is 0 Å². The Bertz CT molecular complexity index is 397. The van der Waals surface area contributed by atoms with Gasteiger partial charge in [-0.1, -0.05) is 24.4 Å². The van der Waals surface area contributed by atoms with E-state index in [9.17, 15) is 13.2 Å². The Morgan fingerprint density at radius 1 is 1.19 bits per heavy atom. The topological polar surface area (TPSA) is 12.0 Å². The first-order chi connectivity index (χ1) is 7.47. The molecule has 86 valence electrons. The summed E-state index contributed by atoms with van der Waals surface area (Å²) in [6.45, 7) is 0. The molecule has 1 nitrogen and oxygen atoms in total. The first-order valence-corrected chi connectivity index (χ1v) is 5.34. The second kappa shape index (κ2) is 4.05. The van der Waals surface area contributed by atoms with E-state index in [1.807, 2.05) is 0 Å². The predicted molar refractivity (Wildman–Crippen MR) is 59.2 cm³/mol. The van der Waals surface area contributed by atoms with Crippen molar-refractivity contribution in [1.29, 1.82) is 0 Å². The molecular weight excluding hydrogens is 235 g/mol. The average Bonchev–Trinajstić information content (AvgIpc) is 2.64. The number of halogens is 3. The number of hydrogen-bond acceptors (Lipinski definition) is 1. The standard InChI is InChI=1S/C11H10F3NS/c12-11(13,14)8-3-1-7(2-4-8)9-5-6-10(16)15-9/h1-4,9H,5-6H2,(H,15,16). The largest absolute Gasteiger partial charge is 0.416 e. The van der Waals surface area contributed by atoms with Crippen LogP contribution >= 0.6 is 12.2 Å². The summed E-state index contributed by atoms with van der Waals surface area (Å²) in [6, 6.07) is 5.30. The molecule has 1 fully saturated rings. The molecule has 1 saturated heterocycles. The lowest BCUT2D eigenvalue weighted by Crippen LogP contribution is -2.17. The predicted octanol–water partition coefficient (Wildman–Crippen LogP) is 3.46. The van der Waals surface area contributed by atoms with Crippen molar-refractivity contribution in [3.05, 3.63) is 35.4 Å². The highest BCUT2D eigenvalue weighted by Gasteiger charge is 2.30. The lowest BCUT2D eigenvalue weighted by Gasteiger charge is -2.12. The highest BCUT2D eigenvalue weighted by Crippen LogP contribution is 2.31. The Kier molecular flexibility index (Phi) is 2.88. The molecule has 0 bridgehead atoms. The maximum Gasteiger partial charge on any atom is 0.416 e. The van der Waals surface area contributed by atoms with E-state index >= 15 is 0 Å². The molecule has 0 spiro atoms. The third kappa shape index (κ3) is 2.35. The minimum absolute atomic E-state index is 0.0646. The van der Waals surface area contributed by atoms with Crippen LogP contribution in [0.5, 0.6) is 0 Å². The summed E-state index contributed by atoms with van der Waals surface area (Å²) in [5.41, 5.74) is 0.240. The molecule has 1 N–H and O–H groups in total. The SMILES string of the molecule is FC(F)(F)c1ccc(C2CCC(=S)N2)cc1. The van der Waals surface area contributed by atoms with E-state index in [2.05, 4.69) is 5.32 Å². The van der Waals surface area contributed by atoms with Crippen LogP contribution in [0.4, 0.5) is 13.2 Å². The van der Waals surface area contributed by atoms with Gasteiger partial charge in [-0.15, -0.1) is 0 Å². The Hall–Kier alpha value is -1.10. The first kappa shape index (κ1) is 11.4. The van der Waals surface area contributed by atoms with E-state index in [0.29, 0.717) is 0 Å². The average molecular weight is 245 g/mol. The molecule has 2 rings (SSSR count). The van der Waals surface area contributed by atoms with Crippen molar-refractivity contribution < 1.29 is 13.2 Å². The van der Waals surface area contributed by atoms with Crippen molar-refractivity contribution in [1.82, 2.24) is 5.32 Å². The van der Waals surface area contributed by atoms with Crippen molar-refractivity contribution in [3.8, 4) is 0 Å². The Labute approximate surface area is 96.7 Å². The van der Waals surface area contributed by atoms with Crippen LogP contribution in [0, 0.1) is 0 Å². The zero-order valence-electron chi connectivity index (χ0n) is 8.34. The highest BCUT2D eigenvalue weighted by molar-refractivity contribution is 7.80. The third-order valence-corrected chi connectivity index (χ3v) is 2.96. The molecule has 1 aromatic rings. The van der Waals surface area contributed by atoms with Crippen LogP contribution in [-0.4, -0.2) is 4.99 Å². The van der Waals surface area contributed by atoms with E-state index < -0.39 is 11.7 Å². The lowest BCUT2D eigenvalue weighted by molar-refractivity contribution is -0.137. The molecule has 1 heterocycles. The molecule has 1 atom stereocenters. The van der Waals surface area contributed by atoms with E-state index in [-0.39, 0.29) is 6.04 Å². The Morgan fingerprint density at radius 2 is 1.81 bits per heavy atom. The number of thiocarbonyl (C=S) groups is 1. The summed E-state index contributed by atoms with van der Waals surface area (Å²) < 4.78 is 37.0. The Morgan fingerprint density at radius 3 is 2.25 bits per heavy atom. The van der Waals surface area contributed by atoms with Gasteiger partial charge in [-0.25, -0.2) is 0 Å². The molecule has 0 saturated carbocycles. The summed E-state index contributed by atoms with van der Waals surface area (Å²) in [4.78, 5) is 0.782. The third-order valence-electron chi connectivity index (χ3n) is 2.64. The van der Waals surface area contributed by atoms with Gasteiger partial charge < -0.3 is 5.32 Å².